The summed E-state index contributed by atoms with van der Waals surface area (Å²) in [6, 6.07) is 7.84. The van der Waals surface area contributed by atoms with E-state index in [1.807, 2.05) is 0 Å². The van der Waals surface area contributed by atoms with Crippen LogP contribution >= 0.6 is 12.4 Å². The van der Waals surface area contributed by atoms with Gasteiger partial charge >= 0.3 is 6.18 Å². The van der Waals surface area contributed by atoms with Gasteiger partial charge in [-0.25, -0.2) is 4.68 Å². The molecule has 0 radical (unpaired) electrons. The molecule has 1 aromatic carbocycles. The number of amides is 1. The van der Waals surface area contributed by atoms with Crippen molar-refractivity contribution in [1.29, 1.82) is 0 Å². The number of rotatable bonds is 4. The molecule has 0 bridgehead atoms. The summed E-state index contributed by atoms with van der Waals surface area (Å²) in [4.78, 5) is 12.1. The van der Waals surface area contributed by atoms with Crippen LogP contribution in [-0.4, -0.2) is 28.8 Å². The lowest BCUT2D eigenvalue weighted by atomic mass is 9.97. The summed E-state index contributed by atoms with van der Waals surface area (Å²) in [7, 11) is 0. The van der Waals surface area contributed by atoms with E-state index in [1.165, 1.54) is 10.9 Å². The van der Waals surface area contributed by atoms with Crippen LogP contribution in [0.25, 0.3) is 5.69 Å². The molecule has 26 heavy (non-hydrogen) atoms. The van der Waals surface area contributed by atoms with Crippen LogP contribution in [0.15, 0.2) is 36.5 Å². The number of hydrogen-bond acceptors (Lipinski definition) is 3. The Kier molecular flexibility index (Phi) is 6.66. The van der Waals surface area contributed by atoms with Gasteiger partial charge in [0.2, 0.25) is 5.91 Å². The Morgan fingerprint density at radius 2 is 1.85 bits per heavy atom. The van der Waals surface area contributed by atoms with Gasteiger partial charge in [-0.1, -0.05) is 12.1 Å². The van der Waals surface area contributed by atoms with Gasteiger partial charge in [-0.15, -0.1) is 12.4 Å². The second-order valence-electron chi connectivity index (χ2n) is 6.05. The SMILES string of the molecule is Cl.O=C(NCc1ccc(-n2ccc(C(F)(F)F)n2)cc1)C1CCNCC1. The van der Waals surface area contributed by atoms with E-state index in [-0.39, 0.29) is 24.2 Å². The van der Waals surface area contributed by atoms with Crippen LogP contribution in [0.2, 0.25) is 0 Å². The number of aromatic nitrogens is 2. The summed E-state index contributed by atoms with van der Waals surface area (Å²) < 4.78 is 39.0. The van der Waals surface area contributed by atoms with Crippen LogP contribution in [0.4, 0.5) is 13.2 Å². The molecule has 0 saturated carbocycles. The van der Waals surface area contributed by atoms with Crippen LogP contribution in [0.3, 0.4) is 0 Å². The molecule has 2 heterocycles. The number of halogens is 4. The smallest absolute Gasteiger partial charge is 0.352 e. The standard InChI is InChI=1S/C17H19F3N4O.ClH/c18-17(19,20)15-7-10-24(23-15)14-3-1-12(2-4-14)11-22-16(25)13-5-8-21-9-6-13;/h1-4,7,10,13,21H,5-6,8-9,11H2,(H,22,25);1H. The first-order valence-corrected chi connectivity index (χ1v) is 8.14. The van der Waals surface area contributed by atoms with Gasteiger partial charge in [0.15, 0.2) is 5.69 Å². The van der Waals surface area contributed by atoms with E-state index in [1.54, 1.807) is 24.3 Å². The Labute approximate surface area is 155 Å². The molecule has 5 nitrogen and oxygen atoms in total. The van der Waals surface area contributed by atoms with Gasteiger partial charge in [-0.2, -0.15) is 18.3 Å². The number of nitrogens with zero attached hydrogens (tertiary/aromatic N) is 2. The second-order valence-corrected chi connectivity index (χ2v) is 6.05. The summed E-state index contributed by atoms with van der Waals surface area (Å²) in [5.41, 5.74) is 0.490. The van der Waals surface area contributed by atoms with E-state index in [0.29, 0.717) is 12.2 Å². The molecule has 0 unspecified atom stereocenters. The molecule has 1 aliphatic rings. The topological polar surface area (TPSA) is 59.0 Å². The number of carbonyl (C=O) groups is 1. The van der Waals surface area contributed by atoms with Crippen molar-refractivity contribution in [3.63, 3.8) is 0 Å². The number of nitrogens with one attached hydrogen (secondary N) is 2. The molecular weight excluding hydrogens is 369 g/mol. The van der Waals surface area contributed by atoms with Crippen LogP contribution in [-0.2, 0) is 17.5 Å². The fourth-order valence-electron chi connectivity index (χ4n) is 2.80. The van der Waals surface area contributed by atoms with E-state index < -0.39 is 11.9 Å². The molecule has 1 fully saturated rings. The summed E-state index contributed by atoms with van der Waals surface area (Å²) >= 11 is 0. The van der Waals surface area contributed by atoms with E-state index in [2.05, 4.69) is 15.7 Å². The third-order valence-corrected chi connectivity index (χ3v) is 4.26. The van der Waals surface area contributed by atoms with E-state index in [0.717, 1.165) is 37.6 Å². The minimum atomic E-state index is -4.45. The zero-order valence-corrected chi connectivity index (χ0v) is 14.7. The Hall–Kier alpha value is -2.06. The first-order chi connectivity index (χ1) is 11.9. The quantitative estimate of drug-likeness (QED) is 0.846. The summed E-state index contributed by atoms with van der Waals surface area (Å²) in [5.74, 6) is 0.0952. The van der Waals surface area contributed by atoms with E-state index in [4.69, 9.17) is 0 Å². The molecule has 0 atom stereocenters. The summed E-state index contributed by atoms with van der Waals surface area (Å²) in [6.45, 7) is 2.11. The molecule has 1 aliphatic heterocycles. The normalized spacial score (nSPS) is 15.3. The molecule has 1 amide bonds. The largest absolute Gasteiger partial charge is 0.435 e. The highest BCUT2D eigenvalue weighted by atomic mass is 35.5. The lowest BCUT2D eigenvalue weighted by molar-refractivity contribution is -0.141. The molecule has 3 rings (SSSR count). The molecule has 9 heteroatoms. The number of benzene rings is 1. The minimum Gasteiger partial charge on any atom is -0.352 e. The second kappa shape index (κ2) is 8.55. The molecular formula is C17H20ClF3N4O. The van der Waals surface area contributed by atoms with Gasteiger partial charge in [-0.3, -0.25) is 4.79 Å². The molecule has 0 spiro atoms. The van der Waals surface area contributed by atoms with E-state index in [9.17, 15) is 18.0 Å². The summed E-state index contributed by atoms with van der Waals surface area (Å²) in [6.07, 6.45) is -1.50. The molecule has 142 valence electrons. The number of hydrogen-bond donors (Lipinski definition) is 2. The van der Waals surface area contributed by atoms with Crippen molar-refractivity contribution in [3.05, 3.63) is 47.8 Å². The van der Waals surface area contributed by atoms with Crippen LogP contribution < -0.4 is 10.6 Å². The fraction of sp³-hybridized carbons (Fsp3) is 0.412. The molecule has 0 aliphatic carbocycles. The number of alkyl halides is 3. The van der Waals surface area contributed by atoms with Crippen LogP contribution in [0, 0.1) is 5.92 Å². The first kappa shape index (κ1) is 20.3. The highest BCUT2D eigenvalue weighted by Gasteiger charge is 2.33. The average Bonchev–Trinajstić information content (AvgIpc) is 3.11. The van der Waals surface area contributed by atoms with Gasteiger partial charge in [-0.05, 0) is 49.7 Å². The highest BCUT2D eigenvalue weighted by molar-refractivity contribution is 5.85. The van der Waals surface area contributed by atoms with Gasteiger partial charge in [0, 0.05) is 18.7 Å². The van der Waals surface area contributed by atoms with Crippen molar-refractivity contribution >= 4 is 18.3 Å². The van der Waals surface area contributed by atoms with Crippen molar-refractivity contribution < 1.29 is 18.0 Å². The highest BCUT2D eigenvalue weighted by Crippen LogP contribution is 2.27. The Morgan fingerprint density at radius 1 is 1.19 bits per heavy atom. The van der Waals surface area contributed by atoms with Gasteiger partial charge in [0.25, 0.3) is 0 Å². The maximum atomic E-state index is 12.6. The van der Waals surface area contributed by atoms with Gasteiger partial charge in [0.05, 0.1) is 5.69 Å². The maximum Gasteiger partial charge on any atom is 0.435 e. The Bertz CT molecular complexity index is 724. The Morgan fingerprint density at radius 3 is 2.42 bits per heavy atom. The zero-order valence-electron chi connectivity index (χ0n) is 13.9. The minimum absolute atomic E-state index is 0. The van der Waals surface area contributed by atoms with Crippen molar-refractivity contribution in [2.24, 2.45) is 5.92 Å². The van der Waals surface area contributed by atoms with Crippen molar-refractivity contribution in [3.8, 4) is 5.69 Å². The third kappa shape index (κ3) is 4.98. The average molecular weight is 389 g/mol. The maximum absolute atomic E-state index is 12.6. The Balaban J connectivity index is 0.00000243. The number of carbonyl (C=O) groups excluding carboxylic acids is 1. The lowest BCUT2D eigenvalue weighted by Crippen LogP contribution is -2.37. The van der Waals surface area contributed by atoms with Crippen molar-refractivity contribution in [2.45, 2.75) is 25.6 Å². The van der Waals surface area contributed by atoms with E-state index >= 15 is 0 Å². The predicted octanol–water partition coefficient (Wildman–Crippen LogP) is 2.93. The summed E-state index contributed by atoms with van der Waals surface area (Å²) in [5, 5.41) is 9.66. The monoisotopic (exact) mass is 388 g/mol. The molecule has 1 saturated heterocycles. The van der Waals surface area contributed by atoms with Crippen molar-refractivity contribution in [1.82, 2.24) is 20.4 Å². The van der Waals surface area contributed by atoms with Gasteiger partial charge < -0.3 is 10.6 Å². The lowest BCUT2D eigenvalue weighted by Gasteiger charge is -2.21. The van der Waals surface area contributed by atoms with Crippen molar-refractivity contribution in [2.75, 3.05) is 13.1 Å². The van der Waals surface area contributed by atoms with Crippen LogP contribution in [0.5, 0.6) is 0 Å². The molecule has 2 aromatic rings. The molecule has 1 aromatic heterocycles. The predicted molar refractivity (Wildman–Crippen MR) is 93.3 cm³/mol. The fourth-order valence-corrected chi connectivity index (χ4v) is 2.80. The number of piperidine rings is 1. The van der Waals surface area contributed by atoms with Gasteiger partial charge in [0.1, 0.15) is 0 Å². The first-order valence-electron chi connectivity index (χ1n) is 8.14. The third-order valence-electron chi connectivity index (χ3n) is 4.26. The zero-order chi connectivity index (χ0) is 17.9. The molecule has 2 N–H and O–H groups in total. The van der Waals surface area contributed by atoms with Crippen LogP contribution in [0.1, 0.15) is 24.1 Å².